The third kappa shape index (κ3) is 3.73. The lowest BCUT2D eigenvalue weighted by Gasteiger charge is -2.42. The van der Waals surface area contributed by atoms with Gasteiger partial charge in [0.05, 0.1) is 44.7 Å². The maximum Gasteiger partial charge on any atom is 0.283 e. The zero-order chi connectivity index (χ0) is 21.3. The SMILES string of the molecule is COc1ccc(N2CC[NH+](CC(=O)N3c4ccccc4NC(=O)C3(C)C)CC2)cc1. The van der Waals surface area contributed by atoms with E-state index in [1.54, 1.807) is 25.9 Å². The molecule has 2 aromatic carbocycles. The first-order valence-electron chi connectivity index (χ1n) is 10.4. The average Bonchev–Trinajstić information content (AvgIpc) is 2.75. The second kappa shape index (κ2) is 7.99. The van der Waals surface area contributed by atoms with Crippen LogP contribution in [0, 0.1) is 0 Å². The first-order valence-corrected chi connectivity index (χ1v) is 10.4. The molecule has 0 unspecified atom stereocenters. The molecule has 2 aliphatic heterocycles. The number of rotatable bonds is 4. The molecule has 2 aliphatic rings. The lowest BCUT2D eigenvalue weighted by Crippen LogP contribution is -3.16. The number of carbonyl (C=O) groups is 2. The Kier molecular flexibility index (Phi) is 5.39. The van der Waals surface area contributed by atoms with Crippen LogP contribution in [-0.2, 0) is 9.59 Å². The molecule has 30 heavy (non-hydrogen) atoms. The number of nitrogens with zero attached hydrogens (tertiary/aromatic N) is 2. The molecule has 0 atom stereocenters. The quantitative estimate of drug-likeness (QED) is 0.796. The van der Waals surface area contributed by atoms with Gasteiger partial charge in [0.15, 0.2) is 6.54 Å². The zero-order valence-electron chi connectivity index (χ0n) is 17.8. The van der Waals surface area contributed by atoms with E-state index in [0.717, 1.165) is 37.6 Å². The van der Waals surface area contributed by atoms with Gasteiger partial charge in [-0.3, -0.25) is 14.5 Å². The van der Waals surface area contributed by atoms with Gasteiger partial charge in [-0.1, -0.05) is 12.1 Å². The fourth-order valence-electron chi connectivity index (χ4n) is 4.24. The Morgan fingerprint density at radius 2 is 1.77 bits per heavy atom. The Morgan fingerprint density at radius 3 is 2.43 bits per heavy atom. The highest BCUT2D eigenvalue weighted by molar-refractivity contribution is 6.14. The van der Waals surface area contributed by atoms with Gasteiger partial charge in [-0.25, -0.2) is 0 Å². The molecule has 0 radical (unpaired) electrons. The van der Waals surface area contributed by atoms with Gasteiger partial charge in [0.25, 0.3) is 5.91 Å². The highest BCUT2D eigenvalue weighted by atomic mass is 16.5. The molecular weight excluding hydrogens is 380 g/mol. The van der Waals surface area contributed by atoms with Crippen molar-refractivity contribution in [1.29, 1.82) is 0 Å². The van der Waals surface area contributed by atoms with E-state index in [1.165, 1.54) is 10.6 Å². The molecule has 1 saturated heterocycles. The van der Waals surface area contributed by atoms with Gasteiger partial charge >= 0.3 is 0 Å². The Hall–Kier alpha value is -3.06. The van der Waals surface area contributed by atoms with Crippen LogP contribution in [0.4, 0.5) is 17.1 Å². The fraction of sp³-hybridized carbons (Fsp3) is 0.391. The van der Waals surface area contributed by atoms with Crippen molar-refractivity contribution in [3.63, 3.8) is 0 Å². The van der Waals surface area contributed by atoms with Crippen molar-refractivity contribution in [2.45, 2.75) is 19.4 Å². The molecule has 2 aromatic rings. The lowest BCUT2D eigenvalue weighted by molar-refractivity contribution is -0.892. The van der Waals surface area contributed by atoms with Crippen molar-refractivity contribution in [2.24, 2.45) is 0 Å². The molecule has 2 N–H and O–H groups in total. The molecule has 7 nitrogen and oxygen atoms in total. The summed E-state index contributed by atoms with van der Waals surface area (Å²) >= 11 is 0. The van der Waals surface area contributed by atoms with E-state index in [2.05, 4.69) is 22.3 Å². The molecular formula is C23H29N4O3+. The lowest BCUT2D eigenvalue weighted by atomic mass is 9.96. The van der Waals surface area contributed by atoms with E-state index >= 15 is 0 Å². The summed E-state index contributed by atoms with van der Waals surface area (Å²) in [5.74, 6) is 0.672. The van der Waals surface area contributed by atoms with Crippen molar-refractivity contribution >= 4 is 28.9 Å². The Balaban J connectivity index is 1.42. The molecule has 158 valence electrons. The number of fused-ring (bicyclic) bond motifs is 1. The highest BCUT2D eigenvalue weighted by Crippen LogP contribution is 2.36. The van der Waals surface area contributed by atoms with Gasteiger partial charge in [0, 0.05) is 5.69 Å². The third-order valence-electron chi connectivity index (χ3n) is 6.07. The fourth-order valence-corrected chi connectivity index (χ4v) is 4.24. The summed E-state index contributed by atoms with van der Waals surface area (Å²) in [5.41, 5.74) is 1.71. The van der Waals surface area contributed by atoms with E-state index in [4.69, 9.17) is 4.74 Å². The number of nitrogens with one attached hydrogen (secondary N) is 2. The molecule has 2 heterocycles. The summed E-state index contributed by atoms with van der Waals surface area (Å²) in [4.78, 5) is 31.2. The molecule has 0 saturated carbocycles. The van der Waals surface area contributed by atoms with E-state index in [1.807, 2.05) is 36.4 Å². The summed E-state index contributed by atoms with van der Waals surface area (Å²) in [6.07, 6.45) is 0. The monoisotopic (exact) mass is 409 g/mol. The largest absolute Gasteiger partial charge is 0.497 e. The van der Waals surface area contributed by atoms with E-state index in [9.17, 15) is 9.59 Å². The molecule has 2 amide bonds. The maximum absolute atomic E-state index is 13.3. The highest BCUT2D eigenvalue weighted by Gasteiger charge is 2.44. The second-order valence-corrected chi connectivity index (χ2v) is 8.37. The van der Waals surface area contributed by atoms with Crippen LogP contribution in [0.2, 0.25) is 0 Å². The zero-order valence-corrected chi connectivity index (χ0v) is 17.8. The number of anilines is 3. The van der Waals surface area contributed by atoms with Crippen molar-refractivity contribution in [3.05, 3.63) is 48.5 Å². The second-order valence-electron chi connectivity index (χ2n) is 8.37. The summed E-state index contributed by atoms with van der Waals surface area (Å²) in [5, 5.41) is 2.92. The average molecular weight is 410 g/mol. The summed E-state index contributed by atoms with van der Waals surface area (Å²) < 4.78 is 5.23. The normalized spacial score (nSPS) is 18.6. The van der Waals surface area contributed by atoms with Crippen LogP contribution in [0.5, 0.6) is 5.75 Å². The number of para-hydroxylation sites is 2. The van der Waals surface area contributed by atoms with E-state index < -0.39 is 5.54 Å². The molecule has 4 rings (SSSR count). The van der Waals surface area contributed by atoms with Crippen molar-refractivity contribution in [3.8, 4) is 5.75 Å². The van der Waals surface area contributed by atoms with Crippen LogP contribution in [0.25, 0.3) is 0 Å². The van der Waals surface area contributed by atoms with E-state index in [0.29, 0.717) is 12.2 Å². The number of ether oxygens (including phenoxy) is 1. The van der Waals surface area contributed by atoms with Crippen LogP contribution < -0.4 is 24.8 Å². The third-order valence-corrected chi connectivity index (χ3v) is 6.07. The van der Waals surface area contributed by atoms with Crippen LogP contribution >= 0.6 is 0 Å². The number of benzene rings is 2. The molecule has 1 fully saturated rings. The Labute approximate surface area is 177 Å². The first kappa shape index (κ1) is 20.2. The number of methoxy groups -OCH3 is 1. The van der Waals surface area contributed by atoms with Gasteiger partial charge < -0.3 is 19.9 Å². The predicted octanol–water partition coefficient (Wildman–Crippen LogP) is 1.16. The van der Waals surface area contributed by atoms with Crippen molar-refractivity contribution in [1.82, 2.24) is 0 Å². The van der Waals surface area contributed by atoms with Crippen LogP contribution in [0.3, 0.4) is 0 Å². The Morgan fingerprint density at radius 1 is 1.10 bits per heavy atom. The number of hydrogen-bond donors (Lipinski definition) is 2. The first-order chi connectivity index (χ1) is 14.4. The van der Waals surface area contributed by atoms with Crippen LogP contribution in [0.1, 0.15) is 13.8 Å². The van der Waals surface area contributed by atoms with Crippen LogP contribution in [0.15, 0.2) is 48.5 Å². The maximum atomic E-state index is 13.3. The Bertz CT molecular complexity index is 934. The summed E-state index contributed by atoms with van der Waals surface area (Å²) in [7, 11) is 1.67. The van der Waals surface area contributed by atoms with Gasteiger partial charge in [-0.05, 0) is 50.2 Å². The number of carbonyl (C=O) groups excluding carboxylic acids is 2. The van der Waals surface area contributed by atoms with Crippen molar-refractivity contribution in [2.75, 3.05) is 55.0 Å². The molecule has 0 spiro atoms. The minimum absolute atomic E-state index is 0.0183. The number of amides is 2. The summed E-state index contributed by atoms with van der Waals surface area (Å²) in [6, 6.07) is 15.6. The number of hydrogen-bond acceptors (Lipinski definition) is 4. The smallest absolute Gasteiger partial charge is 0.283 e. The molecule has 0 aliphatic carbocycles. The summed E-state index contributed by atoms with van der Waals surface area (Å²) in [6.45, 7) is 7.49. The molecule has 0 aromatic heterocycles. The molecule has 0 bridgehead atoms. The van der Waals surface area contributed by atoms with Gasteiger partial charge in [-0.2, -0.15) is 0 Å². The topological polar surface area (TPSA) is 66.3 Å². The van der Waals surface area contributed by atoms with Gasteiger partial charge in [0.1, 0.15) is 11.3 Å². The number of quaternary nitrogens is 1. The van der Waals surface area contributed by atoms with Gasteiger partial charge in [-0.15, -0.1) is 0 Å². The predicted molar refractivity (Wildman–Crippen MR) is 117 cm³/mol. The standard InChI is InChI=1S/C23H28N4O3/c1-23(2)22(29)24-19-6-4-5-7-20(19)27(23)21(28)16-25-12-14-26(15-13-25)17-8-10-18(30-3)11-9-17/h4-11H,12-16H2,1-3H3,(H,24,29)/p+1. The van der Waals surface area contributed by atoms with Gasteiger partial charge in [0.2, 0.25) is 5.91 Å². The number of piperazine rings is 1. The minimum atomic E-state index is -0.921. The van der Waals surface area contributed by atoms with E-state index in [-0.39, 0.29) is 11.8 Å². The van der Waals surface area contributed by atoms with Crippen molar-refractivity contribution < 1.29 is 19.2 Å². The molecule has 7 heteroatoms. The minimum Gasteiger partial charge on any atom is -0.497 e. The van der Waals surface area contributed by atoms with Crippen LogP contribution in [-0.4, -0.2) is 57.2 Å².